The van der Waals surface area contributed by atoms with E-state index in [4.69, 9.17) is 9.47 Å². The third kappa shape index (κ3) is 8.23. The Morgan fingerprint density at radius 1 is 0.878 bits per heavy atom. The van der Waals surface area contributed by atoms with Gasteiger partial charge in [0, 0.05) is 12.1 Å². The lowest BCUT2D eigenvalue weighted by Crippen LogP contribution is -2.55. The molecule has 0 fully saturated rings. The summed E-state index contributed by atoms with van der Waals surface area (Å²) in [5.41, 5.74) is 0.499. The third-order valence-electron chi connectivity index (χ3n) is 6.34. The summed E-state index contributed by atoms with van der Waals surface area (Å²) in [6.45, 7) is 6.97. The molecule has 0 aromatic heterocycles. The summed E-state index contributed by atoms with van der Waals surface area (Å²) in [7, 11) is -1.08. The van der Waals surface area contributed by atoms with E-state index in [0.717, 1.165) is 9.87 Å². The van der Waals surface area contributed by atoms with Crippen molar-refractivity contribution in [2.45, 2.75) is 57.1 Å². The molecule has 0 bridgehead atoms. The number of rotatable bonds is 12. The maximum absolute atomic E-state index is 14.1. The molecule has 9 nitrogen and oxygen atoms in total. The standard InChI is InChI=1S/C31H39N3O6S/c1-7-28(30(36)32-31(2,3)4)33(21-23-12-11-13-26(20-23)40-6)29(35)22-34(24-16-18-25(39-5)19-17-24)41(37,38)27-14-9-8-10-15-27/h8-20,28H,7,21-22H2,1-6H3,(H,32,36)/t28-/m0/s1. The zero-order valence-electron chi connectivity index (χ0n) is 24.5. The number of amides is 2. The van der Waals surface area contributed by atoms with Crippen LogP contribution < -0.4 is 19.1 Å². The van der Waals surface area contributed by atoms with Gasteiger partial charge in [-0.05, 0) is 81.3 Å². The molecule has 220 valence electrons. The van der Waals surface area contributed by atoms with E-state index in [1.165, 1.54) is 24.1 Å². The van der Waals surface area contributed by atoms with E-state index < -0.39 is 34.1 Å². The van der Waals surface area contributed by atoms with Crippen molar-refractivity contribution >= 4 is 27.5 Å². The van der Waals surface area contributed by atoms with Crippen LogP contribution in [-0.4, -0.2) is 57.5 Å². The summed E-state index contributed by atoms with van der Waals surface area (Å²) >= 11 is 0. The van der Waals surface area contributed by atoms with Gasteiger partial charge in [0.1, 0.15) is 24.1 Å². The second kappa shape index (κ2) is 13.5. The van der Waals surface area contributed by atoms with E-state index in [0.29, 0.717) is 17.9 Å². The molecular weight excluding hydrogens is 542 g/mol. The van der Waals surface area contributed by atoms with Crippen molar-refractivity contribution in [3.63, 3.8) is 0 Å². The van der Waals surface area contributed by atoms with Crippen LogP contribution in [0.15, 0.2) is 83.8 Å². The summed E-state index contributed by atoms with van der Waals surface area (Å²) in [4.78, 5) is 29.0. The number of hydrogen-bond acceptors (Lipinski definition) is 6. The molecule has 10 heteroatoms. The van der Waals surface area contributed by atoms with Crippen molar-refractivity contribution in [2.24, 2.45) is 0 Å². The molecule has 41 heavy (non-hydrogen) atoms. The quantitative estimate of drug-likeness (QED) is 0.335. The van der Waals surface area contributed by atoms with E-state index in [9.17, 15) is 18.0 Å². The average molecular weight is 582 g/mol. The van der Waals surface area contributed by atoms with Crippen LogP contribution in [0, 0.1) is 0 Å². The number of nitrogens with one attached hydrogen (secondary N) is 1. The second-order valence-electron chi connectivity index (χ2n) is 10.6. The number of ether oxygens (including phenoxy) is 2. The first-order chi connectivity index (χ1) is 19.4. The fourth-order valence-corrected chi connectivity index (χ4v) is 5.77. The highest BCUT2D eigenvalue weighted by Gasteiger charge is 2.34. The SMILES string of the molecule is CC[C@@H](C(=O)NC(C)(C)C)N(Cc1cccc(OC)c1)C(=O)CN(c1ccc(OC)cc1)S(=O)(=O)c1ccccc1. The van der Waals surface area contributed by atoms with Gasteiger partial charge in [-0.25, -0.2) is 8.42 Å². The molecule has 3 rings (SSSR count). The molecule has 0 saturated heterocycles. The average Bonchev–Trinajstić information content (AvgIpc) is 2.95. The monoisotopic (exact) mass is 581 g/mol. The Morgan fingerprint density at radius 3 is 2.07 bits per heavy atom. The van der Waals surface area contributed by atoms with Crippen LogP contribution in [-0.2, 0) is 26.2 Å². The van der Waals surface area contributed by atoms with Crippen molar-refractivity contribution in [1.29, 1.82) is 0 Å². The molecule has 0 unspecified atom stereocenters. The fraction of sp³-hybridized carbons (Fsp3) is 0.355. The van der Waals surface area contributed by atoms with Crippen molar-refractivity contribution in [1.82, 2.24) is 10.2 Å². The Bertz CT molecular complexity index is 1420. The second-order valence-corrected chi connectivity index (χ2v) is 12.4. The van der Waals surface area contributed by atoms with Gasteiger partial charge in [-0.2, -0.15) is 0 Å². The van der Waals surface area contributed by atoms with E-state index >= 15 is 0 Å². The first kappa shape index (κ1) is 31.5. The van der Waals surface area contributed by atoms with Gasteiger partial charge in [-0.3, -0.25) is 13.9 Å². The number of carbonyl (C=O) groups excluding carboxylic acids is 2. The summed E-state index contributed by atoms with van der Waals surface area (Å²) in [5.74, 6) is 0.299. The van der Waals surface area contributed by atoms with E-state index in [1.54, 1.807) is 67.8 Å². The molecule has 0 radical (unpaired) electrons. The van der Waals surface area contributed by atoms with Gasteiger partial charge in [0.2, 0.25) is 11.8 Å². The minimum absolute atomic E-state index is 0.0421. The van der Waals surface area contributed by atoms with Crippen LogP contribution in [0.3, 0.4) is 0 Å². The van der Waals surface area contributed by atoms with E-state index in [2.05, 4.69) is 5.32 Å². The van der Waals surface area contributed by atoms with Gasteiger partial charge in [-0.15, -0.1) is 0 Å². The van der Waals surface area contributed by atoms with Gasteiger partial charge in [-0.1, -0.05) is 37.3 Å². The number of carbonyl (C=O) groups is 2. The van der Waals surface area contributed by atoms with Crippen LogP contribution in [0.1, 0.15) is 39.7 Å². The highest BCUT2D eigenvalue weighted by molar-refractivity contribution is 7.92. The molecule has 0 aliphatic carbocycles. The van der Waals surface area contributed by atoms with Crippen molar-refractivity contribution in [3.05, 3.63) is 84.4 Å². The molecular formula is C31H39N3O6S. The minimum atomic E-state index is -4.14. The van der Waals surface area contributed by atoms with Gasteiger partial charge >= 0.3 is 0 Å². The molecule has 0 aliphatic rings. The van der Waals surface area contributed by atoms with Gasteiger partial charge < -0.3 is 19.7 Å². The predicted octanol–water partition coefficient (Wildman–Crippen LogP) is 4.62. The fourth-order valence-electron chi connectivity index (χ4n) is 4.34. The number of methoxy groups -OCH3 is 2. The molecule has 2 amide bonds. The smallest absolute Gasteiger partial charge is 0.264 e. The number of hydrogen-bond donors (Lipinski definition) is 1. The van der Waals surface area contributed by atoms with Crippen molar-refractivity contribution in [2.75, 3.05) is 25.1 Å². The largest absolute Gasteiger partial charge is 0.497 e. The molecule has 3 aromatic rings. The topological polar surface area (TPSA) is 105 Å². The molecule has 0 saturated carbocycles. The summed E-state index contributed by atoms with van der Waals surface area (Å²) in [6.07, 6.45) is 0.325. The molecule has 3 aromatic carbocycles. The Morgan fingerprint density at radius 2 is 1.51 bits per heavy atom. The Kier molecular flexibility index (Phi) is 10.4. The van der Waals surface area contributed by atoms with Gasteiger partial charge in [0.15, 0.2) is 0 Å². The summed E-state index contributed by atoms with van der Waals surface area (Å²) < 4.78 is 39.4. The lowest BCUT2D eigenvalue weighted by Gasteiger charge is -2.34. The molecule has 1 N–H and O–H groups in total. The maximum atomic E-state index is 14.1. The predicted molar refractivity (Wildman–Crippen MR) is 159 cm³/mol. The molecule has 0 heterocycles. The van der Waals surface area contributed by atoms with E-state index in [-0.39, 0.29) is 23.0 Å². The Hall–Kier alpha value is -4.05. The Balaban J connectivity index is 2.07. The van der Waals surface area contributed by atoms with Crippen LogP contribution in [0.4, 0.5) is 5.69 Å². The summed E-state index contributed by atoms with van der Waals surface area (Å²) in [5, 5.41) is 2.96. The lowest BCUT2D eigenvalue weighted by molar-refractivity contribution is -0.141. The molecule has 0 spiro atoms. The number of nitrogens with zero attached hydrogens (tertiary/aromatic N) is 2. The zero-order valence-corrected chi connectivity index (χ0v) is 25.3. The first-order valence-corrected chi connectivity index (χ1v) is 14.8. The first-order valence-electron chi connectivity index (χ1n) is 13.4. The Labute approximate surface area is 243 Å². The van der Waals surface area contributed by atoms with Crippen LogP contribution in [0.5, 0.6) is 11.5 Å². The highest BCUT2D eigenvalue weighted by atomic mass is 32.2. The number of benzene rings is 3. The zero-order chi connectivity index (χ0) is 30.2. The van der Waals surface area contributed by atoms with Gasteiger partial charge in [0.25, 0.3) is 10.0 Å². The summed E-state index contributed by atoms with van der Waals surface area (Å²) in [6, 6.07) is 20.7. The van der Waals surface area contributed by atoms with Gasteiger partial charge in [0.05, 0.1) is 24.8 Å². The van der Waals surface area contributed by atoms with Crippen LogP contribution in [0.25, 0.3) is 0 Å². The minimum Gasteiger partial charge on any atom is -0.497 e. The highest BCUT2D eigenvalue weighted by Crippen LogP contribution is 2.27. The van der Waals surface area contributed by atoms with E-state index in [1.807, 2.05) is 33.8 Å². The lowest BCUT2D eigenvalue weighted by atomic mass is 10.1. The van der Waals surface area contributed by atoms with Crippen LogP contribution >= 0.6 is 0 Å². The molecule has 1 atom stereocenters. The number of sulfonamides is 1. The maximum Gasteiger partial charge on any atom is 0.264 e. The normalized spacial score (nSPS) is 12.2. The molecule has 0 aliphatic heterocycles. The third-order valence-corrected chi connectivity index (χ3v) is 8.13. The van der Waals surface area contributed by atoms with Crippen molar-refractivity contribution in [3.8, 4) is 11.5 Å². The van der Waals surface area contributed by atoms with Crippen molar-refractivity contribution < 1.29 is 27.5 Å². The number of anilines is 1. The van der Waals surface area contributed by atoms with Crippen LogP contribution in [0.2, 0.25) is 0 Å².